The quantitative estimate of drug-likeness (QED) is 0.262. The molecule has 7 nitrogen and oxygen atoms in total. The smallest absolute Gasteiger partial charge is 0.336 e. The predicted octanol–water partition coefficient (Wildman–Crippen LogP) is 6.15. The van der Waals surface area contributed by atoms with Gasteiger partial charge in [-0.3, -0.25) is 4.79 Å². The van der Waals surface area contributed by atoms with E-state index in [1.807, 2.05) is 45.0 Å². The summed E-state index contributed by atoms with van der Waals surface area (Å²) in [5, 5.41) is 14.5. The number of dihydropyridines is 1. The Labute approximate surface area is 235 Å². The van der Waals surface area contributed by atoms with Crippen LogP contribution in [0.5, 0.6) is 11.5 Å². The number of carbonyl (C=O) groups excluding carboxylic acids is 2. The summed E-state index contributed by atoms with van der Waals surface area (Å²) in [6.07, 6.45) is 0.892. The number of nitrogens with one attached hydrogen (secondary N) is 1. The Morgan fingerprint density at radius 3 is 2.53 bits per heavy atom. The Morgan fingerprint density at radius 2 is 1.84 bits per heavy atom. The lowest BCUT2D eigenvalue weighted by Crippen LogP contribution is -2.36. The Balaban J connectivity index is 1.78. The minimum absolute atomic E-state index is 0.0234. The number of hydrogen-bond acceptors (Lipinski definition) is 7. The monoisotopic (exact) mass is 603 g/mol. The first-order valence-electron chi connectivity index (χ1n) is 12.6. The molecular weight excluding hydrogens is 574 g/mol. The first-order valence-corrected chi connectivity index (χ1v) is 13.8. The highest BCUT2D eigenvalue weighted by Crippen LogP contribution is 2.48. The predicted molar refractivity (Wildman–Crippen MR) is 148 cm³/mol. The third-order valence-corrected chi connectivity index (χ3v) is 7.59. The van der Waals surface area contributed by atoms with Crippen molar-refractivity contribution in [1.82, 2.24) is 5.32 Å². The molecule has 2 aromatic carbocycles. The maximum absolute atomic E-state index is 13.8. The second-order valence-corrected chi connectivity index (χ2v) is 10.5. The molecule has 1 aliphatic heterocycles. The summed E-state index contributed by atoms with van der Waals surface area (Å²) < 4.78 is 16.9. The number of rotatable bonds is 9. The molecule has 2 unspecified atom stereocenters. The Morgan fingerprint density at radius 1 is 1.11 bits per heavy atom. The van der Waals surface area contributed by atoms with E-state index in [9.17, 15) is 14.7 Å². The highest BCUT2D eigenvalue weighted by atomic mass is 79.9. The van der Waals surface area contributed by atoms with Crippen LogP contribution < -0.4 is 10.1 Å². The fourth-order valence-electron chi connectivity index (χ4n) is 5.05. The molecule has 2 aliphatic rings. The summed E-state index contributed by atoms with van der Waals surface area (Å²) in [7, 11) is 0. The number of aromatic hydroxyl groups is 1. The van der Waals surface area contributed by atoms with Crippen LogP contribution in [0.25, 0.3) is 0 Å². The number of carbonyl (C=O) groups is 2. The second kappa shape index (κ2) is 12.4. The van der Waals surface area contributed by atoms with Crippen LogP contribution in [-0.4, -0.2) is 43.3 Å². The molecule has 0 saturated heterocycles. The van der Waals surface area contributed by atoms with Crippen LogP contribution in [0.3, 0.4) is 0 Å². The van der Waals surface area contributed by atoms with Crippen LogP contribution >= 0.6 is 27.5 Å². The average molecular weight is 605 g/mol. The summed E-state index contributed by atoms with van der Waals surface area (Å²) in [5.74, 6) is -1.08. The van der Waals surface area contributed by atoms with Crippen LogP contribution in [0.15, 0.2) is 63.4 Å². The van der Waals surface area contributed by atoms with Gasteiger partial charge in [0.1, 0.15) is 6.61 Å². The van der Waals surface area contributed by atoms with Crippen molar-refractivity contribution >= 4 is 39.3 Å². The van der Waals surface area contributed by atoms with E-state index in [4.69, 9.17) is 25.8 Å². The van der Waals surface area contributed by atoms with E-state index in [0.29, 0.717) is 58.0 Å². The molecule has 0 radical (unpaired) electrons. The van der Waals surface area contributed by atoms with Gasteiger partial charge in [-0.25, -0.2) is 4.79 Å². The minimum atomic E-state index is -0.694. The third kappa shape index (κ3) is 5.92. The summed E-state index contributed by atoms with van der Waals surface area (Å²) in [6, 6.07) is 10.9. The number of esters is 1. The van der Waals surface area contributed by atoms with Gasteiger partial charge < -0.3 is 24.6 Å². The molecule has 2 N–H and O–H groups in total. The molecule has 0 bridgehead atoms. The van der Waals surface area contributed by atoms with Crippen molar-refractivity contribution in [1.29, 1.82) is 0 Å². The number of ether oxygens (including phenoxy) is 3. The lowest BCUT2D eigenvalue weighted by Gasteiger charge is -2.37. The fraction of sp³-hybridized carbons (Fsp3) is 0.379. The van der Waals surface area contributed by atoms with Crippen LogP contribution in [-0.2, 0) is 19.1 Å². The van der Waals surface area contributed by atoms with Crippen molar-refractivity contribution in [3.63, 3.8) is 0 Å². The van der Waals surface area contributed by atoms with Crippen molar-refractivity contribution in [3.05, 3.63) is 79.6 Å². The molecule has 2 atom stereocenters. The van der Waals surface area contributed by atoms with Gasteiger partial charge in [-0.1, -0.05) is 23.7 Å². The zero-order valence-corrected chi connectivity index (χ0v) is 23.9. The topological polar surface area (TPSA) is 94.1 Å². The van der Waals surface area contributed by atoms with E-state index >= 15 is 0 Å². The highest BCUT2D eigenvalue weighted by molar-refractivity contribution is 9.10. The summed E-state index contributed by atoms with van der Waals surface area (Å²) >= 11 is 9.48. The Bertz CT molecular complexity index is 1290. The van der Waals surface area contributed by atoms with Crippen molar-refractivity contribution < 1.29 is 28.9 Å². The van der Waals surface area contributed by atoms with Gasteiger partial charge in [-0.05, 0) is 84.4 Å². The molecule has 1 aliphatic carbocycles. The lowest BCUT2D eigenvalue weighted by molar-refractivity contribution is -0.140. The molecule has 0 saturated carbocycles. The molecular formula is C29H31BrClNO6. The normalized spacial score (nSPS) is 19.2. The van der Waals surface area contributed by atoms with E-state index in [1.54, 1.807) is 12.1 Å². The third-order valence-electron chi connectivity index (χ3n) is 6.74. The van der Waals surface area contributed by atoms with Crippen molar-refractivity contribution in [2.24, 2.45) is 0 Å². The largest absolute Gasteiger partial charge is 0.503 e. The van der Waals surface area contributed by atoms with Gasteiger partial charge in [0, 0.05) is 40.9 Å². The van der Waals surface area contributed by atoms with Gasteiger partial charge in [0.2, 0.25) is 0 Å². The Hall–Kier alpha value is -2.81. The number of hydrogen-bond donors (Lipinski definition) is 2. The fourth-order valence-corrected chi connectivity index (χ4v) is 5.64. The van der Waals surface area contributed by atoms with E-state index in [0.717, 1.165) is 11.3 Å². The molecule has 9 heteroatoms. The summed E-state index contributed by atoms with van der Waals surface area (Å²) in [5.41, 5.74) is 3.93. The highest BCUT2D eigenvalue weighted by Gasteiger charge is 2.42. The van der Waals surface area contributed by atoms with E-state index < -0.39 is 11.9 Å². The number of phenolic OH excluding ortho intramolecular Hbond substituents is 1. The van der Waals surface area contributed by atoms with Gasteiger partial charge in [-0.15, -0.1) is 0 Å². The number of Topliss-reactive ketones (excluding diaryl/α,β-unsaturated/α-hetero) is 1. The molecule has 4 rings (SSSR count). The van der Waals surface area contributed by atoms with Crippen LogP contribution in [0.2, 0.25) is 5.02 Å². The van der Waals surface area contributed by atoms with Crippen LogP contribution in [0, 0.1) is 0 Å². The number of phenols is 1. The maximum atomic E-state index is 13.8. The van der Waals surface area contributed by atoms with Gasteiger partial charge in [-0.2, -0.15) is 0 Å². The maximum Gasteiger partial charge on any atom is 0.336 e. The van der Waals surface area contributed by atoms with Crippen molar-refractivity contribution in [3.8, 4) is 11.5 Å². The van der Waals surface area contributed by atoms with Gasteiger partial charge >= 0.3 is 5.97 Å². The molecule has 0 aromatic heterocycles. The van der Waals surface area contributed by atoms with Crippen LogP contribution in [0.1, 0.15) is 56.6 Å². The average Bonchev–Trinajstić information content (AvgIpc) is 2.88. The van der Waals surface area contributed by atoms with Crippen LogP contribution in [0.4, 0.5) is 0 Å². The molecule has 0 fully saturated rings. The van der Waals surface area contributed by atoms with Gasteiger partial charge in [0.25, 0.3) is 0 Å². The lowest BCUT2D eigenvalue weighted by atomic mass is 9.71. The van der Waals surface area contributed by atoms with Crippen molar-refractivity contribution in [2.75, 3.05) is 26.4 Å². The number of halogens is 2. The van der Waals surface area contributed by atoms with Gasteiger partial charge in [0.15, 0.2) is 17.3 Å². The van der Waals surface area contributed by atoms with E-state index in [2.05, 4.69) is 21.2 Å². The van der Waals surface area contributed by atoms with E-state index in [-0.39, 0.29) is 36.4 Å². The summed E-state index contributed by atoms with van der Waals surface area (Å²) in [4.78, 5) is 27.2. The first kappa shape index (κ1) is 28.2. The zero-order chi connectivity index (χ0) is 27.4. The molecule has 2 aromatic rings. The summed E-state index contributed by atoms with van der Waals surface area (Å²) in [6.45, 7) is 6.73. The van der Waals surface area contributed by atoms with E-state index in [1.165, 1.54) is 0 Å². The molecule has 38 heavy (non-hydrogen) atoms. The molecule has 0 amide bonds. The number of allylic oxidation sites excluding steroid dienone is 3. The standard InChI is InChI=1S/C29H31BrClNO6/c1-4-36-10-11-38-29(35)25-16(3)32-22-13-18(17-6-8-20(31)9-7-17)14-23(33)27(22)26(25)19-12-21(30)28(34)24(15-19)37-5-2/h6-9,12,15,18,26,32,34H,4-5,10-11,13-14H2,1-3H3. The molecule has 1 heterocycles. The first-order chi connectivity index (χ1) is 18.2. The second-order valence-electron chi connectivity index (χ2n) is 9.18. The SMILES string of the molecule is CCOCCOC(=O)C1=C(C)NC2=C(C(=O)CC(c3ccc(Cl)cc3)C2)C1c1cc(Br)c(O)c(OCC)c1. The van der Waals surface area contributed by atoms with Gasteiger partial charge in [0.05, 0.1) is 23.3 Å². The number of benzene rings is 2. The Kier molecular flexibility index (Phi) is 9.18. The molecule has 202 valence electrons. The molecule has 0 spiro atoms. The zero-order valence-electron chi connectivity index (χ0n) is 21.6. The van der Waals surface area contributed by atoms with Crippen molar-refractivity contribution in [2.45, 2.75) is 45.4 Å². The minimum Gasteiger partial charge on any atom is -0.503 e. The number of ketones is 1.